The number of hydrogen-bond acceptors (Lipinski definition) is 6. The number of carbonyl (C=O) groups excluding carboxylic acids is 1. The highest BCUT2D eigenvalue weighted by Gasteiger charge is 2.14. The summed E-state index contributed by atoms with van der Waals surface area (Å²) in [6, 6.07) is 0. The summed E-state index contributed by atoms with van der Waals surface area (Å²) in [7, 11) is 3.17. The molecule has 0 unspecified atom stereocenters. The molecule has 0 spiro atoms. The van der Waals surface area contributed by atoms with Crippen molar-refractivity contribution in [1.82, 2.24) is 19.7 Å². The number of rotatable bonds is 4. The Balaban J connectivity index is 2.18. The van der Waals surface area contributed by atoms with Gasteiger partial charge in [-0.2, -0.15) is 5.10 Å². The number of nitrogens with one attached hydrogen (secondary N) is 1. The molecule has 0 aromatic carbocycles. The Labute approximate surface area is 110 Å². The van der Waals surface area contributed by atoms with Crippen molar-refractivity contribution in [3.63, 3.8) is 0 Å². The van der Waals surface area contributed by atoms with Crippen LogP contribution in [0.5, 0.6) is 0 Å². The zero-order chi connectivity index (χ0) is 13.8. The maximum Gasteiger partial charge on any atom is 0.343 e. The molecule has 2 aromatic heterocycles. The van der Waals surface area contributed by atoms with Gasteiger partial charge in [0.15, 0.2) is 0 Å². The summed E-state index contributed by atoms with van der Waals surface area (Å²) in [6.45, 7) is 2.28. The van der Waals surface area contributed by atoms with Gasteiger partial charge in [0.05, 0.1) is 13.3 Å². The highest BCUT2D eigenvalue weighted by molar-refractivity contribution is 5.94. The minimum atomic E-state index is -0.464. The molecular weight excluding hydrogens is 246 g/mol. The van der Waals surface area contributed by atoms with E-state index in [4.69, 9.17) is 4.74 Å². The van der Waals surface area contributed by atoms with E-state index < -0.39 is 5.97 Å². The number of nitrogens with zero attached hydrogens (tertiary/aromatic N) is 4. The fraction of sp³-hybridized carbons (Fsp3) is 0.333. The molecule has 0 amide bonds. The second-order valence-corrected chi connectivity index (χ2v) is 4.05. The maximum atomic E-state index is 11.6. The Hall–Kier alpha value is -2.44. The third-order valence-corrected chi connectivity index (χ3v) is 2.53. The highest BCUT2D eigenvalue weighted by Crippen LogP contribution is 2.14. The number of anilines is 1. The van der Waals surface area contributed by atoms with Crippen LogP contribution < -0.4 is 5.32 Å². The largest absolute Gasteiger partial charge is 0.465 e. The highest BCUT2D eigenvalue weighted by atomic mass is 16.5. The van der Waals surface area contributed by atoms with Crippen molar-refractivity contribution in [1.29, 1.82) is 0 Å². The lowest BCUT2D eigenvalue weighted by atomic mass is 10.3. The first kappa shape index (κ1) is 13.0. The van der Waals surface area contributed by atoms with Crippen LogP contribution in [0.15, 0.2) is 18.6 Å². The van der Waals surface area contributed by atoms with Crippen LogP contribution in [0.3, 0.4) is 0 Å². The van der Waals surface area contributed by atoms with E-state index in [0.717, 1.165) is 5.56 Å². The van der Waals surface area contributed by atoms with Crippen LogP contribution in [0, 0.1) is 6.92 Å². The second kappa shape index (κ2) is 5.47. The first-order valence-corrected chi connectivity index (χ1v) is 5.73. The number of hydrogen-bond donors (Lipinski definition) is 1. The molecule has 0 radical (unpaired) electrons. The Morgan fingerprint density at radius 2 is 2.26 bits per heavy atom. The lowest BCUT2D eigenvalue weighted by molar-refractivity contribution is 0.0601. The summed E-state index contributed by atoms with van der Waals surface area (Å²) >= 11 is 0. The van der Waals surface area contributed by atoms with Gasteiger partial charge >= 0.3 is 5.97 Å². The van der Waals surface area contributed by atoms with Crippen molar-refractivity contribution in [2.75, 3.05) is 12.4 Å². The standard InChI is InChI=1S/C12H15N5O2/c1-8-13-6-10(12(18)19-3)11(16-8)14-4-9-5-15-17(2)7-9/h5-7H,4H2,1-3H3,(H,13,14,16). The summed E-state index contributed by atoms with van der Waals surface area (Å²) in [5, 5.41) is 7.17. The Bertz CT molecular complexity index is 594. The zero-order valence-electron chi connectivity index (χ0n) is 11.0. The minimum absolute atomic E-state index is 0.317. The van der Waals surface area contributed by atoms with Crippen molar-refractivity contribution in [3.05, 3.63) is 35.5 Å². The van der Waals surface area contributed by atoms with Gasteiger partial charge in [0.25, 0.3) is 0 Å². The third-order valence-electron chi connectivity index (χ3n) is 2.53. The summed E-state index contributed by atoms with van der Waals surface area (Å²) in [6.07, 6.45) is 5.09. The molecule has 2 rings (SSSR count). The molecule has 7 heteroatoms. The van der Waals surface area contributed by atoms with Gasteiger partial charge in [0, 0.05) is 31.5 Å². The van der Waals surface area contributed by atoms with Crippen molar-refractivity contribution >= 4 is 11.8 Å². The first-order chi connectivity index (χ1) is 9.10. The molecule has 19 heavy (non-hydrogen) atoms. The number of aromatic nitrogens is 4. The molecule has 0 atom stereocenters. The van der Waals surface area contributed by atoms with Crippen LogP contribution >= 0.6 is 0 Å². The lowest BCUT2D eigenvalue weighted by Gasteiger charge is -2.09. The van der Waals surface area contributed by atoms with E-state index in [9.17, 15) is 4.79 Å². The van der Waals surface area contributed by atoms with E-state index in [2.05, 4.69) is 20.4 Å². The molecule has 0 aliphatic heterocycles. The van der Waals surface area contributed by atoms with Crippen molar-refractivity contribution < 1.29 is 9.53 Å². The van der Waals surface area contributed by atoms with Crippen molar-refractivity contribution in [2.45, 2.75) is 13.5 Å². The van der Waals surface area contributed by atoms with Gasteiger partial charge in [-0.15, -0.1) is 0 Å². The quantitative estimate of drug-likeness (QED) is 0.824. The van der Waals surface area contributed by atoms with Crippen LogP contribution in [-0.4, -0.2) is 32.8 Å². The Kier molecular flexibility index (Phi) is 3.74. The Morgan fingerprint density at radius 1 is 1.47 bits per heavy atom. The van der Waals surface area contributed by atoms with Crippen molar-refractivity contribution in [3.8, 4) is 0 Å². The molecule has 2 aromatic rings. The normalized spacial score (nSPS) is 10.3. The average Bonchev–Trinajstić information content (AvgIpc) is 2.81. The summed E-state index contributed by atoms with van der Waals surface area (Å²) in [5.41, 5.74) is 1.31. The van der Waals surface area contributed by atoms with Gasteiger partial charge in [0.2, 0.25) is 0 Å². The fourth-order valence-corrected chi connectivity index (χ4v) is 1.61. The molecule has 0 saturated heterocycles. The molecular formula is C12H15N5O2. The number of aryl methyl sites for hydroxylation is 2. The Morgan fingerprint density at radius 3 is 2.89 bits per heavy atom. The molecule has 0 aliphatic carbocycles. The van der Waals surface area contributed by atoms with Crippen LogP contribution in [0.1, 0.15) is 21.7 Å². The van der Waals surface area contributed by atoms with E-state index in [1.165, 1.54) is 13.3 Å². The van der Waals surface area contributed by atoms with Gasteiger partial charge < -0.3 is 10.1 Å². The first-order valence-electron chi connectivity index (χ1n) is 5.73. The number of esters is 1. The van der Waals surface area contributed by atoms with Crippen LogP contribution in [0.2, 0.25) is 0 Å². The van der Waals surface area contributed by atoms with E-state index in [1.54, 1.807) is 17.8 Å². The predicted molar refractivity (Wildman–Crippen MR) is 68.6 cm³/mol. The molecule has 2 heterocycles. The summed E-state index contributed by atoms with van der Waals surface area (Å²) in [4.78, 5) is 19.8. The topological polar surface area (TPSA) is 81.9 Å². The number of carbonyl (C=O) groups is 1. The van der Waals surface area contributed by atoms with Crippen LogP contribution in [0.25, 0.3) is 0 Å². The van der Waals surface area contributed by atoms with E-state index in [1.807, 2.05) is 13.2 Å². The molecule has 100 valence electrons. The maximum absolute atomic E-state index is 11.6. The summed E-state index contributed by atoms with van der Waals surface area (Å²) < 4.78 is 6.41. The van der Waals surface area contributed by atoms with E-state index in [-0.39, 0.29) is 0 Å². The van der Waals surface area contributed by atoms with Gasteiger partial charge in [0.1, 0.15) is 17.2 Å². The summed E-state index contributed by atoms with van der Waals surface area (Å²) in [5.74, 6) is 0.582. The zero-order valence-corrected chi connectivity index (χ0v) is 11.0. The average molecular weight is 261 g/mol. The van der Waals surface area contributed by atoms with E-state index in [0.29, 0.717) is 23.8 Å². The lowest BCUT2D eigenvalue weighted by Crippen LogP contribution is -2.11. The minimum Gasteiger partial charge on any atom is -0.465 e. The molecule has 0 aliphatic rings. The predicted octanol–water partition coefficient (Wildman–Crippen LogP) is 0.917. The fourth-order valence-electron chi connectivity index (χ4n) is 1.61. The van der Waals surface area contributed by atoms with Gasteiger partial charge in [-0.25, -0.2) is 14.8 Å². The van der Waals surface area contributed by atoms with Gasteiger partial charge in [-0.1, -0.05) is 0 Å². The number of methoxy groups -OCH3 is 1. The van der Waals surface area contributed by atoms with Crippen molar-refractivity contribution in [2.24, 2.45) is 7.05 Å². The molecule has 0 saturated carbocycles. The second-order valence-electron chi connectivity index (χ2n) is 4.05. The SMILES string of the molecule is COC(=O)c1cnc(C)nc1NCc1cnn(C)c1. The molecule has 7 nitrogen and oxygen atoms in total. The number of ether oxygens (including phenoxy) is 1. The monoisotopic (exact) mass is 261 g/mol. The van der Waals surface area contributed by atoms with Gasteiger partial charge in [-0.3, -0.25) is 4.68 Å². The molecule has 0 fully saturated rings. The van der Waals surface area contributed by atoms with E-state index >= 15 is 0 Å². The van der Waals surface area contributed by atoms with Gasteiger partial charge in [-0.05, 0) is 6.92 Å². The molecule has 1 N–H and O–H groups in total. The van der Waals surface area contributed by atoms with Crippen LogP contribution in [-0.2, 0) is 18.3 Å². The van der Waals surface area contributed by atoms with Crippen LogP contribution in [0.4, 0.5) is 5.82 Å². The third kappa shape index (κ3) is 3.06. The smallest absolute Gasteiger partial charge is 0.343 e. The molecule has 0 bridgehead atoms.